The van der Waals surface area contributed by atoms with Gasteiger partial charge in [-0.2, -0.15) is 0 Å². The Balaban J connectivity index is 1.74. The summed E-state index contributed by atoms with van der Waals surface area (Å²) in [6.45, 7) is 1.05. The molecule has 5 nitrogen and oxygen atoms in total. The maximum absolute atomic E-state index is 10.8. The monoisotopic (exact) mass is 253 g/mol. The van der Waals surface area contributed by atoms with Gasteiger partial charge < -0.3 is 19.9 Å². The third-order valence-corrected chi connectivity index (χ3v) is 3.60. The molecular weight excluding hydrogens is 234 g/mol. The molecule has 2 rings (SSSR count). The van der Waals surface area contributed by atoms with Crippen LogP contribution in [-0.4, -0.2) is 28.3 Å². The van der Waals surface area contributed by atoms with Gasteiger partial charge in [0.05, 0.1) is 24.3 Å². The number of rotatable bonds is 5. The SMILES string of the molecule is O=C(O)C1CCC(O)(CNCc2ccco2)CC1. The van der Waals surface area contributed by atoms with Crippen molar-refractivity contribution in [1.29, 1.82) is 0 Å². The molecule has 1 aromatic rings. The maximum atomic E-state index is 10.8. The summed E-state index contributed by atoms with van der Waals surface area (Å²) in [4.78, 5) is 10.8. The summed E-state index contributed by atoms with van der Waals surface area (Å²) < 4.78 is 5.18. The second kappa shape index (κ2) is 5.54. The van der Waals surface area contributed by atoms with Crippen molar-refractivity contribution in [3.8, 4) is 0 Å². The van der Waals surface area contributed by atoms with E-state index in [4.69, 9.17) is 9.52 Å². The Morgan fingerprint density at radius 3 is 2.78 bits per heavy atom. The third kappa shape index (κ3) is 3.34. The minimum atomic E-state index is -0.779. The largest absolute Gasteiger partial charge is 0.481 e. The Hall–Kier alpha value is -1.33. The molecule has 0 radical (unpaired) electrons. The lowest BCUT2D eigenvalue weighted by atomic mass is 9.79. The van der Waals surface area contributed by atoms with E-state index in [0.29, 0.717) is 38.8 Å². The summed E-state index contributed by atoms with van der Waals surface area (Å²) in [5.74, 6) is -0.214. The molecule has 0 aliphatic heterocycles. The van der Waals surface area contributed by atoms with E-state index in [-0.39, 0.29) is 5.92 Å². The number of nitrogens with one attached hydrogen (secondary N) is 1. The molecule has 1 saturated carbocycles. The van der Waals surface area contributed by atoms with Gasteiger partial charge in [-0.15, -0.1) is 0 Å². The summed E-state index contributed by atoms with van der Waals surface area (Å²) in [5, 5.41) is 22.4. The first kappa shape index (κ1) is 13.1. The number of furan rings is 1. The zero-order valence-corrected chi connectivity index (χ0v) is 10.3. The van der Waals surface area contributed by atoms with E-state index >= 15 is 0 Å². The Morgan fingerprint density at radius 2 is 2.22 bits per heavy atom. The number of aliphatic hydroxyl groups is 1. The zero-order chi connectivity index (χ0) is 13.0. The molecule has 1 aliphatic rings. The Bertz CT molecular complexity index is 380. The smallest absolute Gasteiger partial charge is 0.306 e. The normalized spacial score (nSPS) is 28.2. The van der Waals surface area contributed by atoms with Gasteiger partial charge in [0.1, 0.15) is 5.76 Å². The van der Waals surface area contributed by atoms with Crippen molar-refractivity contribution >= 4 is 5.97 Å². The van der Waals surface area contributed by atoms with Crippen LogP contribution in [0.5, 0.6) is 0 Å². The zero-order valence-electron chi connectivity index (χ0n) is 10.3. The van der Waals surface area contributed by atoms with E-state index in [1.54, 1.807) is 6.26 Å². The van der Waals surface area contributed by atoms with Gasteiger partial charge in [0, 0.05) is 6.54 Å². The highest BCUT2D eigenvalue weighted by Crippen LogP contribution is 2.31. The van der Waals surface area contributed by atoms with Crippen LogP contribution in [0.1, 0.15) is 31.4 Å². The Kier molecular flexibility index (Phi) is 4.04. The minimum Gasteiger partial charge on any atom is -0.481 e. The number of carbonyl (C=O) groups is 1. The standard InChI is InChI=1S/C13H19NO4/c15-12(16)10-3-5-13(17,6-4-10)9-14-8-11-2-1-7-18-11/h1-2,7,10,14,17H,3-6,8-9H2,(H,15,16). The molecule has 0 unspecified atom stereocenters. The summed E-state index contributed by atoms with van der Waals surface area (Å²) >= 11 is 0. The number of hydrogen-bond donors (Lipinski definition) is 3. The van der Waals surface area contributed by atoms with Gasteiger partial charge in [-0.1, -0.05) is 0 Å². The molecule has 0 bridgehead atoms. The van der Waals surface area contributed by atoms with Crippen molar-refractivity contribution < 1.29 is 19.4 Å². The molecule has 1 heterocycles. The molecule has 0 saturated heterocycles. The predicted octanol–water partition coefficient (Wildman–Crippen LogP) is 1.38. The number of carboxylic acid groups (broad SMARTS) is 1. The first-order chi connectivity index (χ1) is 8.59. The molecule has 0 aromatic carbocycles. The molecule has 1 fully saturated rings. The number of aliphatic carboxylic acids is 1. The highest BCUT2D eigenvalue weighted by atomic mass is 16.4. The van der Waals surface area contributed by atoms with Crippen LogP contribution in [0.4, 0.5) is 0 Å². The number of hydrogen-bond acceptors (Lipinski definition) is 4. The maximum Gasteiger partial charge on any atom is 0.306 e. The highest BCUT2D eigenvalue weighted by Gasteiger charge is 2.35. The van der Waals surface area contributed by atoms with Crippen molar-refractivity contribution in [3.05, 3.63) is 24.2 Å². The summed E-state index contributed by atoms with van der Waals surface area (Å²) in [5.41, 5.74) is -0.779. The van der Waals surface area contributed by atoms with Gasteiger partial charge in [0.2, 0.25) is 0 Å². The second-order valence-corrected chi connectivity index (χ2v) is 5.02. The van der Waals surface area contributed by atoms with Crippen LogP contribution in [0.3, 0.4) is 0 Å². The molecule has 5 heteroatoms. The third-order valence-electron chi connectivity index (χ3n) is 3.60. The Labute approximate surface area is 106 Å². The van der Waals surface area contributed by atoms with E-state index in [2.05, 4.69) is 5.32 Å². The summed E-state index contributed by atoms with van der Waals surface area (Å²) in [6.07, 6.45) is 3.79. The number of carboxylic acids is 1. The van der Waals surface area contributed by atoms with Crippen molar-refractivity contribution in [2.24, 2.45) is 5.92 Å². The van der Waals surface area contributed by atoms with Crippen LogP contribution in [0.15, 0.2) is 22.8 Å². The minimum absolute atomic E-state index is 0.296. The fourth-order valence-electron chi connectivity index (χ4n) is 2.41. The van der Waals surface area contributed by atoms with Gasteiger partial charge in [0.25, 0.3) is 0 Å². The van der Waals surface area contributed by atoms with Gasteiger partial charge in [-0.05, 0) is 37.8 Å². The average molecular weight is 253 g/mol. The van der Waals surface area contributed by atoms with Crippen molar-refractivity contribution in [2.75, 3.05) is 6.54 Å². The fraction of sp³-hybridized carbons (Fsp3) is 0.615. The van der Waals surface area contributed by atoms with Crippen molar-refractivity contribution in [1.82, 2.24) is 5.32 Å². The van der Waals surface area contributed by atoms with Gasteiger partial charge >= 0.3 is 5.97 Å². The van der Waals surface area contributed by atoms with Crippen molar-refractivity contribution in [3.63, 3.8) is 0 Å². The molecule has 0 amide bonds. The highest BCUT2D eigenvalue weighted by molar-refractivity contribution is 5.70. The molecule has 1 aliphatic carbocycles. The van der Waals surface area contributed by atoms with E-state index in [1.807, 2.05) is 12.1 Å². The molecule has 18 heavy (non-hydrogen) atoms. The molecule has 0 atom stereocenters. The van der Waals surface area contributed by atoms with Gasteiger partial charge in [-0.3, -0.25) is 4.79 Å². The van der Waals surface area contributed by atoms with E-state index in [0.717, 1.165) is 5.76 Å². The van der Waals surface area contributed by atoms with E-state index in [1.165, 1.54) is 0 Å². The molecule has 0 spiro atoms. The summed E-state index contributed by atoms with van der Waals surface area (Å²) in [7, 11) is 0. The average Bonchev–Trinajstić information content (AvgIpc) is 2.82. The first-order valence-electron chi connectivity index (χ1n) is 6.27. The van der Waals surface area contributed by atoms with Crippen LogP contribution in [0, 0.1) is 5.92 Å². The van der Waals surface area contributed by atoms with Crippen LogP contribution in [0.2, 0.25) is 0 Å². The topological polar surface area (TPSA) is 82.7 Å². The second-order valence-electron chi connectivity index (χ2n) is 5.02. The Morgan fingerprint density at radius 1 is 1.50 bits per heavy atom. The van der Waals surface area contributed by atoms with Crippen LogP contribution < -0.4 is 5.32 Å². The molecule has 100 valence electrons. The lowest BCUT2D eigenvalue weighted by Gasteiger charge is -2.34. The van der Waals surface area contributed by atoms with E-state index < -0.39 is 11.6 Å². The molecular formula is C13H19NO4. The van der Waals surface area contributed by atoms with Crippen LogP contribution >= 0.6 is 0 Å². The lowest BCUT2D eigenvalue weighted by molar-refractivity contribution is -0.144. The molecule has 1 aromatic heterocycles. The van der Waals surface area contributed by atoms with Crippen LogP contribution in [-0.2, 0) is 11.3 Å². The lowest BCUT2D eigenvalue weighted by Crippen LogP contribution is -2.44. The van der Waals surface area contributed by atoms with Crippen molar-refractivity contribution in [2.45, 2.75) is 37.8 Å². The van der Waals surface area contributed by atoms with E-state index in [9.17, 15) is 9.90 Å². The van der Waals surface area contributed by atoms with Gasteiger partial charge in [-0.25, -0.2) is 0 Å². The van der Waals surface area contributed by atoms with Crippen LogP contribution in [0.25, 0.3) is 0 Å². The first-order valence-corrected chi connectivity index (χ1v) is 6.27. The fourth-order valence-corrected chi connectivity index (χ4v) is 2.41. The quantitative estimate of drug-likeness (QED) is 0.738. The predicted molar refractivity (Wildman–Crippen MR) is 65.0 cm³/mol. The molecule has 3 N–H and O–H groups in total. The summed E-state index contributed by atoms with van der Waals surface area (Å²) in [6, 6.07) is 3.70. The van der Waals surface area contributed by atoms with Gasteiger partial charge in [0.15, 0.2) is 0 Å².